The Bertz CT molecular complexity index is 2260. The Labute approximate surface area is 257 Å². The number of aromatic nitrogens is 2. The van der Waals surface area contributed by atoms with Gasteiger partial charge in [0.2, 0.25) is 0 Å². The van der Waals surface area contributed by atoms with Crippen molar-refractivity contribution >= 4 is 44.2 Å². The smallest absolute Gasteiger partial charge is 0.145 e. The highest BCUT2D eigenvalue weighted by atomic mass is 15.1. The fourth-order valence-corrected chi connectivity index (χ4v) is 6.72. The average Bonchev–Trinajstić information content (AvgIpc) is 3.47. The van der Waals surface area contributed by atoms with Crippen LogP contribution >= 0.6 is 0 Å². The van der Waals surface area contributed by atoms with Gasteiger partial charge in [-0.05, 0) is 69.0 Å². The van der Waals surface area contributed by atoms with Gasteiger partial charge in [-0.2, -0.15) is 0 Å². The topological polar surface area (TPSA) is 17.8 Å². The summed E-state index contributed by atoms with van der Waals surface area (Å²) in [6, 6.07) is 45.7. The highest BCUT2D eigenvalue weighted by Gasteiger charge is 2.20. The molecule has 0 spiro atoms. The van der Waals surface area contributed by atoms with Crippen LogP contribution in [0.15, 0.2) is 152 Å². The van der Waals surface area contributed by atoms with Crippen LogP contribution in [-0.4, -0.2) is 9.55 Å². The van der Waals surface area contributed by atoms with Gasteiger partial charge in [0.25, 0.3) is 0 Å². The predicted octanol–water partition coefficient (Wildman–Crippen LogP) is 10.8. The third-order valence-corrected chi connectivity index (χ3v) is 8.89. The maximum atomic E-state index is 5.12. The molecule has 1 aliphatic rings. The Morgan fingerprint density at radius 3 is 2.30 bits per heavy atom. The number of rotatable bonds is 3. The van der Waals surface area contributed by atoms with E-state index in [2.05, 4.69) is 169 Å². The molecule has 2 nitrogen and oxygen atoms in total. The van der Waals surface area contributed by atoms with Gasteiger partial charge in [0.15, 0.2) is 0 Å². The molecule has 7 aromatic rings. The molecule has 1 atom stereocenters. The monoisotopic (exact) mass is 564 g/mol. The first-order valence-electron chi connectivity index (χ1n) is 15.4. The summed E-state index contributed by atoms with van der Waals surface area (Å²) < 4.78 is 2.33. The molecule has 1 aliphatic carbocycles. The van der Waals surface area contributed by atoms with Crippen molar-refractivity contribution < 1.29 is 0 Å². The van der Waals surface area contributed by atoms with Crippen molar-refractivity contribution in [2.24, 2.45) is 5.92 Å². The SMILES string of the molecule is CC1/C=C\C=C/Cc2c(ccc3ccccc23)C=C1c1ccc(-n2c(-c3ccccc3)nc3ccccc32)c2ccccc12. The Morgan fingerprint density at radius 2 is 1.41 bits per heavy atom. The van der Waals surface area contributed by atoms with Crippen molar-refractivity contribution in [3.05, 3.63) is 168 Å². The minimum Gasteiger partial charge on any atom is -0.292 e. The second-order valence-electron chi connectivity index (χ2n) is 11.6. The van der Waals surface area contributed by atoms with E-state index in [1.807, 2.05) is 0 Å². The maximum Gasteiger partial charge on any atom is 0.145 e. The van der Waals surface area contributed by atoms with E-state index in [0.29, 0.717) is 0 Å². The van der Waals surface area contributed by atoms with Crippen LogP contribution in [0.3, 0.4) is 0 Å². The number of fused-ring (bicyclic) bond motifs is 5. The summed E-state index contributed by atoms with van der Waals surface area (Å²) in [5.41, 5.74) is 9.56. The van der Waals surface area contributed by atoms with Gasteiger partial charge in [0.1, 0.15) is 5.82 Å². The van der Waals surface area contributed by atoms with Crippen LogP contribution in [0.2, 0.25) is 0 Å². The Balaban J connectivity index is 1.38. The van der Waals surface area contributed by atoms with Crippen LogP contribution in [0.1, 0.15) is 23.6 Å². The lowest BCUT2D eigenvalue weighted by atomic mass is 9.86. The zero-order valence-electron chi connectivity index (χ0n) is 24.7. The number of benzene rings is 6. The van der Waals surface area contributed by atoms with Crippen molar-refractivity contribution in [3.63, 3.8) is 0 Å². The van der Waals surface area contributed by atoms with Crippen molar-refractivity contribution in [2.75, 3.05) is 0 Å². The normalized spacial score (nSPS) is 16.5. The zero-order chi connectivity index (χ0) is 29.5. The molecule has 0 saturated carbocycles. The van der Waals surface area contributed by atoms with Crippen LogP contribution in [0.25, 0.3) is 61.3 Å². The maximum absolute atomic E-state index is 5.12. The highest BCUT2D eigenvalue weighted by Crippen LogP contribution is 2.39. The number of para-hydroxylation sites is 2. The van der Waals surface area contributed by atoms with E-state index in [-0.39, 0.29) is 5.92 Å². The number of nitrogens with zero attached hydrogens (tertiary/aromatic N) is 2. The standard InChI is InChI=1S/C42H32N2/c1-29-14-4-2-7-18-34-32(25-24-30-15-8-9-19-33(30)34)28-38(29)36-26-27-40(37-21-11-10-20-35(36)37)44-41-23-13-12-22-39(41)43-42(44)31-16-5-3-6-17-31/h2-17,19-29H,18H2,1H3/b7-2-,14-4-,38-28?. The molecule has 0 saturated heterocycles. The number of imidazole rings is 1. The molecule has 1 unspecified atom stereocenters. The summed E-state index contributed by atoms with van der Waals surface area (Å²) in [4.78, 5) is 5.12. The summed E-state index contributed by atoms with van der Waals surface area (Å²) in [6.45, 7) is 2.30. The molecule has 0 fully saturated rings. The third-order valence-electron chi connectivity index (χ3n) is 8.89. The summed E-state index contributed by atoms with van der Waals surface area (Å²) in [5.74, 6) is 1.17. The number of hydrogen-bond donors (Lipinski definition) is 0. The van der Waals surface area contributed by atoms with Crippen LogP contribution < -0.4 is 0 Å². The molecule has 0 amide bonds. The molecule has 1 aromatic heterocycles. The van der Waals surface area contributed by atoms with Gasteiger partial charge in [0, 0.05) is 10.9 Å². The van der Waals surface area contributed by atoms with Crippen molar-refractivity contribution in [3.8, 4) is 17.1 Å². The number of hydrogen-bond acceptors (Lipinski definition) is 1. The second kappa shape index (κ2) is 11.0. The minimum absolute atomic E-state index is 0.222. The van der Waals surface area contributed by atoms with E-state index >= 15 is 0 Å². The lowest BCUT2D eigenvalue weighted by Gasteiger charge is -2.20. The molecule has 1 heterocycles. The molecule has 0 radical (unpaired) electrons. The average molecular weight is 565 g/mol. The van der Waals surface area contributed by atoms with Gasteiger partial charge in [-0.3, -0.25) is 4.57 Å². The summed E-state index contributed by atoms with van der Waals surface area (Å²) >= 11 is 0. The Morgan fingerprint density at radius 1 is 0.659 bits per heavy atom. The van der Waals surface area contributed by atoms with Gasteiger partial charge in [-0.25, -0.2) is 4.98 Å². The minimum atomic E-state index is 0.222. The lowest BCUT2D eigenvalue weighted by molar-refractivity contribution is 0.969. The van der Waals surface area contributed by atoms with Gasteiger partial charge in [-0.15, -0.1) is 0 Å². The second-order valence-corrected chi connectivity index (χ2v) is 11.6. The molecule has 6 aromatic carbocycles. The first-order valence-corrected chi connectivity index (χ1v) is 15.4. The van der Waals surface area contributed by atoms with E-state index in [9.17, 15) is 0 Å². The number of allylic oxidation sites excluding steroid dienone is 5. The van der Waals surface area contributed by atoms with E-state index in [1.54, 1.807) is 0 Å². The van der Waals surface area contributed by atoms with E-state index in [1.165, 1.54) is 43.8 Å². The molecular weight excluding hydrogens is 532 g/mol. The van der Waals surface area contributed by atoms with Crippen molar-refractivity contribution in [2.45, 2.75) is 13.3 Å². The summed E-state index contributed by atoms with van der Waals surface area (Å²) in [6.07, 6.45) is 12.3. The van der Waals surface area contributed by atoms with Crippen LogP contribution in [-0.2, 0) is 6.42 Å². The van der Waals surface area contributed by atoms with Crippen LogP contribution in [0.5, 0.6) is 0 Å². The fraction of sp³-hybridized carbons (Fsp3) is 0.0714. The van der Waals surface area contributed by atoms with E-state index < -0.39 is 0 Å². The van der Waals surface area contributed by atoms with Crippen LogP contribution in [0.4, 0.5) is 0 Å². The quantitative estimate of drug-likeness (QED) is 0.209. The molecular formula is C42H32N2. The molecule has 0 N–H and O–H groups in total. The molecule has 8 rings (SSSR count). The Kier molecular flexibility index (Phi) is 6.53. The molecule has 44 heavy (non-hydrogen) atoms. The predicted molar refractivity (Wildman–Crippen MR) is 187 cm³/mol. The molecule has 0 aliphatic heterocycles. The lowest BCUT2D eigenvalue weighted by Crippen LogP contribution is -2.02. The van der Waals surface area contributed by atoms with Crippen molar-refractivity contribution in [1.29, 1.82) is 0 Å². The summed E-state index contributed by atoms with van der Waals surface area (Å²) in [7, 11) is 0. The first kappa shape index (κ1) is 26.2. The molecule has 2 heteroatoms. The first-order chi connectivity index (χ1) is 21.8. The van der Waals surface area contributed by atoms with E-state index in [0.717, 1.165) is 34.5 Å². The Hall–Kier alpha value is -5.47. The van der Waals surface area contributed by atoms with Gasteiger partial charge in [-0.1, -0.05) is 146 Å². The largest absolute Gasteiger partial charge is 0.292 e. The highest BCUT2D eigenvalue weighted by molar-refractivity contribution is 6.04. The van der Waals surface area contributed by atoms with Gasteiger partial charge >= 0.3 is 0 Å². The zero-order valence-corrected chi connectivity index (χ0v) is 24.7. The summed E-state index contributed by atoms with van der Waals surface area (Å²) in [5, 5.41) is 5.05. The fourth-order valence-electron chi connectivity index (χ4n) is 6.72. The third kappa shape index (κ3) is 4.47. The molecule has 0 bridgehead atoms. The van der Waals surface area contributed by atoms with E-state index in [4.69, 9.17) is 4.98 Å². The molecule has 210 valence electrons. The van der Waals surface area contributed by atoms with Gasteiger partial charge < -0.3 is 0 Å². The van der Waals surface area contributed by atoms with Crippen molar-refractivity contribution in [1.82, 2.24) is 9.55 Å². The van der Waals surface area contributed by atoms with Crippen LogP contribution in [0, 0.1) is 5.92 Å². The van der Waals surface area contributed by atoms with Gasteiger partial charge in [0.05, 0.1) is 16.7 Å².